The number of hydrogen-bond acceptors (Lipinski definition) is 6. The van der Waals surface area contributed by atoms with Gasteiger partial charge in [-0.05, 0) is 92.3 Å². The summed E-state index contributed by atoms with van der Waals surface area (Å²) in [5.41, 5.74) is 0.135. The average molecular weight is 457 g/mol. The summed E-state index contributed by atoms with van der Waals surface area (Å²) in [5, 5.41) is 0. The number of ether oxygens (including phenoxy) is 1. The summed E-state index contributed by atoms with van der Waals surface area (Å²) in [4.78, 5) is 24.0. The maximum absolute atomic E-state index is 12.9. The molecule has 4 aliphatic carbocycles. The van der Waals surface area contributed by atoms with Crippen molar-refractivity contribution in [1.29, 1.82) is 0 Å². The molecule has 0 aliphatic heterocycles. The van der Waals surface area contributed by atoms with Gasteiger partial charge in [0.25, 0.3) is 0 Å². The largest absolute Gasteiger partial charge is 0.458 e. The van der Waals surface area contributed by atoms with Crippen molar-refractivity contribution >= 4 is 22.2 Å². The highest BCUT2D eigenvalue weighted by Gasteiger charge is 2.61. The first-order valence-corrected chi connectivity index (χ1v) is 13.1. The molecule has 0 bridgehead atoms. The van der Waals surface area contributed by atoms with Crippen LogP contribution < -0.4 is 0 Å². The van der Waals surface area contributed by atoms with E-state index in [0.717, 1.165) is 44.9 Å². The van der Waals surface area contributed by atoms with Crippen LogP contribution >= 0.6 is 0 Å². The first-order valence-electron chi connectivity index (χ1n) is 11.8. The van der Waals surface area contributed by atoms with Gasteiger partial charge in [-0.2, -0.15) is 8.42 Å². The quantitative estimate of drug-likeness (QED) is 0.493. The Morgan fingerprint density at radius 3 is 2.32 bits per heavy atom. The first kappa shape index (κ1) is 23.2. The van der Waals surface area contributed by atoms with Gasteiger partial charge in [0, 0.05) is 12.8 Å². The summed E-state index contributed by atoms with van der Waals surface area (Å²) in [6.45, 7) is 5.89. The molecule has 4 saturated carbocycles. The van der Waals surface area contributed by atoms with Crippen molar-refractivity contribution in [2.45, 2.75) is 84.7 Å². The van der Waals surface area contributed by atoms with Crippen LogP contribution in [0.2, 0.25) is 0 Å². The predicted molar refractivity (Wildman–Crippen MR) is 113 cm³/mol. The Balaban J connectivity index is 1.48. The van der Waals surface area contributed by atoms with Crippen molar-refractivity contribution in [2.24, 2.45) is 40.4 Å². The summed E-state index contributed by atoms with van der Waals surface area (Å²) in [7, 11) is -4.41. The van der Waals surface area contributed by atoms with Crippen molar-refractivity contribution in [3.05, 3.63) is 0 Å². The third kappa shape index (κ3) is 4.20. The van der Waals surface area contributed by atoms with Gasteiger partial charge in [-0.3, -0.25) is 14.1 Å². The fourth-order valence-corrected chi connectivity index (χ4v) is 8.80. The standard InChI is InChI=1S/C23H36O7S/c1-14(24)29-13-21(25)20-7-6-18-17-5-4-15-12-16(30-31(26,27)28)8-10-22(15,2)19(17)9-11-23(18,20)3/h15-20H,4-13H2,1-3H3,(H,26,27,28)/t15-,16-,17+,18-,19-,20+,22+,23+/m1/s1. The fourth-order valence-electron chi connectivity index (χ4n) is 8.28. The Bertz CT molecular complexity index is 839. The molecule has 0 saturated heterocycles. The third-order valence-electron chi connectivity index (χ3n) is 9.68. The number of fused-ring (bicyclic) bond motifs is 5. The van der Waals surface area contributed by atoms with Crippen molar-refractivity contribution in [3.63, 3.8) is 0 Å². The smallest absolute Gasteiger partial charge is 0.397 e. The molecule has 7 nitrogen and oxygen atoms in total. The van der Waals surface area contributed by atoms with E-state index in [1.54, 1.807) is 0 Å². The monoisotopic (exact) mass is 456 g/mol. The van der Waals surface area contributed by atoms with Crippen molar-refractivity contribution in [1.82, 2.24) is 0 Å². The number of esters is 1. The number of ketones is 1. The van der Waals surface area contributed by atoms with Crippen LogP contribution in [0.4, 0.5) is 0 Å². The highest BCUT2D eigenvalue weighted by Crippen LogP contribution is 2.67. The Hall–Kier alpha value is -0.990. The first-order chi connectivity index (χ1) is 14.4. The molecular formula is C23H36O7S. The SMILES string of the molecule is CC(=O)OCC(=O)[C@@H]1CC[C@@H]2[C@@H]3CC[C@@H]4C[C@H](OS(=O)(=O)O)CC[C@]4(C)[C@@H]3CC[C@@]21C. The molecule has 0 heterocycles. The van der Waals surface area contributed by atoms with Crippen LogP contribution in [0, 0.1) is 40.4 Å². The topological polar surface area (TPSA) is 107 Å². The lowest BCUT2D eigenvalue weighted by molar-refractivity contribution is -0.151. The zero-order valence-corrected chi connectivity index (χ0v) is 19.7. The summed E-state index contributed by atoms with van der Waals surface area (Å²) in [5.74, 6) is 1.73. The third-order valence-corrected chi connectivity index (χ3v) is 10.2. The summed E-state index contributed by atoms with van der Waals surface area (Å²) in [6.07, 6.45) is 8.03. The summed E-state index contributed by atoms with van der Waals surface area (Å²) in [6, 6.07) is 0. The van der Waals surface area contributed by atoms with E-state index in [9.17, 15) is 18.0 Å². The number of carbonyl (C=O) groups excluding carboxylic acids is 2. The highest BCUT2D eigenvalue weighted by atomic mass is 32.3. The average Bonchev–Trinajstić information content (AvgIpc) is 3.02. The second-order valence-electron chi connectivity index (χ2n) is 11.0. The molecular weight excluding hydrogens is 420 g/mol. The minimum atomic E-state index is -4.41. The molecule has 4 fully saturated rings. The van der Waals surface area contributed by atoms with E-state index >= 15 is 0 Å². The molecule has 176 valence electrons. The minimum absolute atomic E-state index is 0.0210. The van der Waals surface area contributed by atoms with E-state index in [-0.39, 0.29) is 29.1 Å². The molecule has 8 heteroatoms. The molecule has 0 unspecified atom stereocenters. The van der Waals surface area contributed by atoms with Crippen molar-refractivity contribution < 1.29 is 31.5 Å². The molecule has 0 aromatic carbocycles. The fraction of sp³-hybridized carbons (Fsp3) is 0.913. The normalized spacial score (nSPS) is 44.6. The molecule has 0 amide bonds. The Morgan fingerprint density at radius 2 is 1.65 bits per heavy atom. The van der Waals surface area contributed by atoms with Crippen molar-refractivity contribution in [3.8, 4) is 0 Å². The van der Waals surface area contributed by atoms with Crippen LogP contribution in [-0.2, 0) is 28.9 Å². The van der Waals surface area contributed by atoms with Crippen molar-refractivity contribution in [2.75, 3.05) is 6.61 Å². The van der Waals surface area contributed by atoms with Crippen LogP contribution in [0.3, 0.4) is 0 Å². The maximum atomic E-state index is 12.9. The van der Waals surface area contributed by atoms with Gasteiger partial charge in [0.2, 0.25) is 0 Å². The Labute approximate surface area is 185 Å². The summed E-state index contributed by atoms with van der Waals surface area (Å²) < 4.78 is 41.4. The second-order valence-corrected chi connectivity index (χ2v) is 12.0. The molecule has 8 atom stereocenters. The van der Waals surface area contributed by atoms with Gasteiger partial charge < -0.3 is 4.74 Å². The van der Waals surface area contributed by atoms with E-state index in [0.29, 0.717) is 36.5 Å². The van der Waals surface area contributed by atoms with Gasteiger partial charge >= 0.3 is 16.4 Å². The van der Waals surface area contributed by atoms with E-state index in [4.69, 9.17) is 13.5 Å². The van der Waals surface area contributed by atoms with E-state index < -0.39 is 22.5 Å². The number of hydrogen-bond donors (Lipinski definition) is 1. The van der Waals surface area contributed by atoms with Crippen LogP contribution in [0.15, 0.2) is 0 Å². The number of carbonyl (C=O) groups is 2. The van der Waals surface area contributed by atoms with Crippen LogP contribution in [0.25, 0.3) is 0 Å². The van der Waals surface area contributed by atoms with Crippen LogP contribution in [-0.4, -0.2) is 37.4 Å². The lowest BCUT2D eigenvalue weighted by Gasteiger charge is -2.61. The number of rotatable bonds is 5. The Morgan fingerprint density at radius 1 is 0.968 bits per heavy atom. The summed E-state index contributed by atoms with van der Waals surface area (Å²) >= 11 is 0. The second kappa shape index (κ2) is 8.10. The van der Waals surface area contributed by atoms with Gasteiger partial charge in [-0.15, -0.1) is 0 Å². The van der Waals surface area contributed by atoms with Crippen LogP contribution in [0.5, 0.6) is 0 Å². The van der Waals surface area contributed by atoms with E-state index in [1.807, 2.05) is 0 Å². The molecule has 31 heavy (non-hydrogen) atoms. The van der Waals surface area contributed by atoms with Gasteiger partial charge in [-0.1, -0.05) is 13.8 Å². The van der Waals surface area contributed by atoms with Crippen LogP contribution in [0.1, 0.15) is 78.6 Å². The minimum Gasteiger partial charge on any atom is -0.458 e. The van der Waals surface area contributed by atoms with Gasteiger partial charge in [0.1, 0.15) is 6.61 Å². The van der Waals surface area contributed by atoms with E-state index in [2.05, 4.69) is 13.8 Å². The lowest BCUT2D eigenvalue weighted by atomic mass is 9.44. The molecule has 4 aliphatic rings. The van der Waals surface area contributed by atoms with E-state index in [1.165, 1.54) is 6.92 Å². The maximum Gasteiger partial charge on any atom is 0.397 e. The molecule has 4 rings (SSSR count). The highest BCUT2D eigenvalue weighted by molar-refractivity contribution is 7.80. The molecule has 0 aromatic heterocycles. The molecule has 0 spiro atoms. The molecule has 0 aromatic rings. The lowest BCUT2D eigenvalue weighted by Crippen LogP contribution is -2.54. The molecule has 0 radical (unpaired) electrons. The van der Waals surface area contributed by atoms with Gasteiger partial charge in [0.15, 0.2) is 5.78 Å². The zero-order valence-electron chi connectivity index (χ0n) is 18.8. The predicted octanol–water partition coefficient (Wildman–Crippen LogP) is 3.97. The zero-order chi connectivity index (χ0) is 22.6. The van der Waals surface area contributed by atoms with Gasteiger partial charge in [-0.25, -0.2) is 4.18 Å². The number of Topliss-reactive ketones (excluding diaryl/α,β-unsaturated/α-hetero) is 1. The molecule has 1 N–H and O–H groups in total. The Kier molecular flexibility index (Phi) is 6.06. The van der Waals surface area contributed by atoms with Gasteiger partial charge in [0.05, 0.1) is 6.10 Å².